The first-order valence-corrected chi connectivity index (χ1v) is 4.60. The average molecular weight is 159 g/mol. The van der Waals surface area contributed by atoms with Gasteiger partial charge in [-0.15, -0.1) is 0 Å². The highest BCUT2D eigenvalue weighted by Gasteiger charge is 1.88. The third kappa shape index (κ3) is 9.88. The van der Waals surface area contributed by atoms with Gasteiger partial charge in [-0.3, -0.25) is 5.84 Å². The van der Waals surface area contributed by atoms with Gasteiger partial charge in [-0.05, 0) is 6.42 Å². The molecule has 0 aliphatic heterocycles. The molecule has 0 amide bonds. The van der Waals surface area contributed by atoms with E-state index in [4.69, 9.17) is 5.84 Å². The van der Waals surface area contributed by atoms with Gasteiger partial charge in [0.15, 0.2) is 0 Å². The van der Waals surface area contributed by atoms with Gasteiger partial charge in [0.2, 0.25) is 0 Å². The van der Waals surface area contributed by atoms with Gasteiger partial charge in [-0.2, -0.15) is 5.53 Å². The summed E-state index contributed by atoms with van der Waals surface area (Å²) in [5.74, 6) is 5.03. The van der Waals surface area contributed by atoms with Crippen molar-refractivity contribution in [2.24, 2.45) is 5.84 Å². The topological polar surface area (TPSA) is 50.1 Å². The van der Waals surface area contributed by atoms with E-state index in [0.717, 1.165) is 6.54 Å². The first-order chi connectivity index (χ1) is 5.41. The highest BCUT2D eigenvalue weighted by Crippen LogP contribution is 2.03. The van der Waals surface area contributed by atoms with Gasteiger partial charge in [-0.1, -0.05) is 39.0 Å². The predicted molar refractivity (Wildman–Crippen MR) is 48.7 cm³/mol. The lowest BCUT2D eigenvalue weighted by Crippen LogP contribution is -2.38. The number of rotatable bonds is 8. The lowest BCUT2D eigenvalue weighted by Gasteiger charge is -2.01. The van der Waals surface area contributed by atoms with Gasteiger partial charge in [0.05, 0.1) is 0 Å². The Morgan fingerprint density at radius 2 is 1.64 bits per heavy atom. The third-order valence-electron chi connectivity index (χ3n) is 1.76. The van der Waals surface area contributed by atoms with Crippen molar-refractivity contribution >= 4 is 0 Å². The minimum absolute atomic E-state index is 0.975. The molecule has 0 aliphatic rings. The number of hydrogen-bond donors (Lipinski definition) is 3. The molecule has 0 aliphatic carbocycles. The maximum atomic E-state index is 5.03. The van der Waals surface area contributed by atoms with Crippen LogP contribution in [0.1, 0.15) is 45.4 Å². The summed E-state index contributed by atoms with van der Waals surface area (Å²) in [6, 6.07) is 0. The second-order valence-corrected chi connectivity index (χ2v) is 2.84. The quantitative estimate of drug-likeness (QED) is 0.284. The first-order valence-electron chi connectivity index (χ1n) is 4.60. The van der Waals surface area contributed by atoms with Crippen LogP contribution >= 0.6 is 0 Å². The molecule has 68 valence electrons. The minimum Gasteiger partial charge on any atom is -0.258 e. The lowest BCUT2D eigenvalue weighted by atomic mass is 10.1. The second kappa shape index (κ2) is 9.88. The van der Waals surface area contributed by atoms with Crippen molar-refractivity contribution in [2.45, 2.75) is 45.4 Å². The Morgan fingerprint density at radius 1 is 1.00 bits per heavy atom. The number of unbranched alkanes of at least 4 members (excludes halogenated alkanes) is 5. The molecule has 3 nitrogen and oxygen atoms in total. The van der Waals surface area contributed by atoms with Crippen LogP contribution in [0.3, 0.4) is 0 Å². The van der Waals surface area contributed by atoms with Crippen LogP contribution < -0.4 is 16.8 Å². The summed E-state index contributed by atoms with van der Waals surface area (Å²) in [5, 5.41) is 0. The van der Waals surface area contributed by atoms with E-state index >= 15 is 0 Å². The SMILES string of the molecule is CCCCCCCCNNN. The van der Waals surface area contributed by atoms with Crippen LogP contribution in [0.5, 0.6) is 0 Å². The average Bonchev–Trinajstić information content (AvgIpc) is 2.03. The molecule has 11 heavy (non-hydrogen) atoms. The van der Waals surface area contributed by atoms with E-state index in [9.17, 15) is 0 Å². The second-order valence-electron chi connectivity index (χ2n) is 2.84. The molecule has 0 heterocycles. The number of hydrazine groups is 2. The van der Waals surface area contributed by atoms with E-state index in [1.165, 1.54) is 38.5 Å². The van der Waals surface area contributed by atoms with Crippen molar-refractivity contribution < 1.29 is 0 Å². The Hall–Kier alpha value is -0.120. The lowest BCUT2D eigenvalue weighted by molar-refractivity contribution is 0.513. The maximum absolute atomic E-state index is 5.03. The maximum Gasteiger partial charge on any atom is 0.0113 e. The van der Waals surface area contributed by atoms with Crippen molar-refractivity contribution in [2.75, 3.05) is 6.54 Å². The first kappa shape index (κ1) is 10.9. The molecule has 0 aromatic carbocycles. The molecule has 0 aromatic heterocycles. The molecular weight excluding hydrogens is 138 g/mol. The fourth-order valence-electron chi connectivity index (χ4n) is 1.07. The van der Waals surface area contributed by atoms with Gasteiger partial charge in [0.25, 0.3) is 0 Å². The standard InChI is InChI=1S/C8H21N3/c1-2-3-4-5-6-7-8-10-11-9/h10-11H,2-9H2,1H3. The van der Waals surface area contributed by atoms with Crippen LogP contribution in [0.2, 0.25) is 0 Å². The Balaban J connectivity index is 2.69. The van der Waals surface area contributed by atoms with Gasteiger partial charge in [0.1, 0.15) is 0 Å². The van der Waals surface area contributed by atoms with Crippen LogP contribution in [-0.2, 0) is 0 Å². The van der Waals surface area contributed by atoms with Crippen LogP contribution in [0.25, 0.3) is 0 Å². The van der Waals surface area contributed by atoms with Crippen molar-refractivity contribution in [3.05, 3.63) is 0 Å². The van der Waals surface area contributed by atoms with Crippen LogP contribution in [0, 0.1) is 0 Å². The summed E-state index contributed by atoms with van der Waals surface area (Å²) in [6.07, 6.45) is 7.97. The molecule has 0 saturated carbocycles. The smallest absolute Gasteiger partial charge is 0.0113 e. The van der Waals surface area contributed by atoms with Crippen molar-refractivity contribution in [3.8, 4) is 0 Å². The molecule has 3 heteroatoms. The summed E-state index contributed by atoms with van der Waals surface area (Å²) < 4.78 is 0. The Morgan fingerprint density at radius 3 is 2.27 bits per heavy atom. The number of nitrogens with two attached hydrogens (primary N) is 1. The molecule has 0 atom stereocenters. The molecular formula is C8H21N3. The molecule has 0 aromatic rings. The molecule has 0 bridgehead atoms. The largest absolute Gasteiger partial charge is 0.258 e. The van der Waals surface area contributed by atoms with E-state index in [2.05, 4.69) is 17.9 Å². The normalized spacial score (nSPS) is 10.4. The predicted octanol–water partition coefficient (Wildman–Crippen LogP) is 1.31. The van der Waals surface area contributed by atoms with Gasteiger partial charge in [0, 0.05) is 6.54 Å². The van der Waals surface area contributed by atoms with E-state index in [1.807, 2.05) is 0 Å². The Labute approximate surface area is 69.7 Å². The zero-order valence-corrected chi connectivity index (χ0v) is 7.53. The van der Waals surface area contributed by atoms with Gasteiger partial charge in [-0.25, -0.2) is 5.43 Å². The Bertz CT molecular complexity index is 58.4. The minimum atomic E-state index is 0.975. The molecule has 0 saturated heterocycles. The summed E-state index contributed by atoms with van der Waals surface area (Å²) in [6.45, 7) is 3.21. The van der Waals surface area contributed by atoms with Gasteiger partial charge >= 0.3 is 0 Å². The van der Waals surface area contributed by atoms with Crippen molar-refractivity contribution in [3.63, 3.8) is 0 Å². The van der Waals surface area contributed by atoms with Crippen molar-refractivity contribution in [1.29, 1.82) is 0 Å². The highest BCUT2D eigenvalue weighted by molar-refractivity contribution is 4.44. The molecule has 0 radical (unpaired) electrons. The van der Waals surface area contributed by atoms with Crippen molar-refractivity contribution in [1.82, 2.24) is 11.0 Å². The molecule has 0 unspecified atom stereocenters. The summed E-state index contributed by atoms with van der Waals surface area (Å²) in [5.41, 5.74) is 5.29. The van der Waals surface area contributed by atoms with E-state index in [0.29, 0.717) is 0 Å². The van der Waals surface area contributed by atoms with Crippen LogP contribution in [-0.4, -0.2) is 6.54 Å². The zero-order valence-electron chi connectivity index (χ0n) is 7.53. The fraction of sp³-hybridized carbons (Fsp3) is 1.00. The third-order valence-corrected chi connectivity index (χ3v) is 1.76. The summed E-state index contributed by atoms with van der Waals surface area (Å²) in [4.78, 5) is 0. The van der Waals surface area contributed by atoms with E-state index in [1.54, 1.807) is 0 Å². The monoisotopic (exact) mass is 159 g/mol. The molecule has 4 N–H and O–H groups in total. The number of nitrogens with one attached hydrogen (secondary N) is 2. The van der Waals surface area contributed by atoms with Gasteiger partial charge < -0.3 is 0 Å². The Kier molecular flexibility index (Phi) is 9.77. The van der Waals surface area contributed by atoms with E-state index < -0.39 is 0 Å². The summed E-state index contributed by atoms with van der Waals surface area (Å²) in [7, 11) is 0. The van der Waals surface area contributed by atoms with E-state index in [-0.39, 0.29) is 0 Å². The zero-order chi connectivity index (χ0) is 8.36. The molecule has 0 rings (SSSR count). The van der Waals surface area contributed by atoms with Crippen LogP contribution in [0.4, 0.5) is 0 Å². The summed E-state index contributed by atoms with van der Waals surface area (Å²) >= 11 is 0. The number of hydrogen-bond acceptors (Lipinski definition) is 3. The molecule has 0 spiro atoms. The molecule has 0 fully saturated rings. The fourth-order valence-corrected chi connectivity index (χ4v) is 1.07. The highest BCUT2D eigenvalue weighted by atomic mass is 15.5. The van der Waals surface area contributed by atoms with Crippen LogP contribution in [0.15, 0.2) is 0 Å².